The van der Waals surface area contributed by atoms with Crippen molar-refractivity contribution in [2.24, 2.45) is 29.1 Å². The molecule has 0 heterocycles. The van der Waals surface area contributed by atoms with Crippen LogP contribution in [-0.2, 0) is 0 Å². The zero-order valence-corrected chi connectivity index (χ0v) is 13.1. The molecule has 0 saturated heterocycles. The molecule has 0 aromatic heterocycles. The summed E-state index contributed by atoms with van der Waals surface area (Å²) in [6, 6.07) is 0. The third-order valence-corrected chi connectivity index (χ3v) is 5.55. The molecule has 0 aromatic rings. The number of hydrogen-bond donors (Lipinski definition) is 0. The highest BCUT2D eigenvalue weighted by Crippen LogP contribution is 2.46. The molecule has 0 aromatic carbocycles. The van der Waals surface area contributed by atoms with E-state index in [4.69, 9.17) is 0 Å². The van der Waals surface area contributed by atoms with Crippen LogP contribution in [0.25, 0.3) is 0 Å². The van der Waals surface area contributed by atoms with Crippen LogP contribution >= 0.6 is 0 Å². The van der Waals surface area contributed by atoms with E-state index < -0.39 is 0 Å². The number of rotatable bonds is 5. The highest BCUT2D eigenvalue weighted by Gasteiger charge is 2.36. The summed E-state index contributed by atoms with van der Waals surface area (Å²) in [4.78, 5) is 0. The Bertz CT molecular complexity index is 210. The Balaban J connectivity index is 0.00000289. The van der Waals surface area contributed by atoms with Gasteiger partial charge in [0.15, 0.2) is 0 Å². The standard InChI is InChI=1S/C17H34.CH4/c1-7-17(6,12-13(2)3)15(5)16-10-8-14(4)9-11-16;/h13-16H,7-12H2,1-6H3;1H4. The molecule has 0 heteroatoms. The largest absolute Gasteiger partial charge is 0.0776 e. The smallest absolute Gasteiger partial charge is 0.0298 e. The summed E-state index contributed by atoms with van der Waals surface area (Å²) in [6.07, 6.45) is 8.65. The van der Waals surface area contributed by atoms with Crippen LogP contribution < -0.4 is 0 Å². The second kappa shape index (κ2) is 7.56. The first kappa shape index (κ1) is 18.0. The van der Waals surface area contributed by atoms with Gasteiger partial charge in [-0.3, -0.25) is 0 Å². The lowest BCUT2D eigenvalue weighted by atomic mass is 9.62. The molecule has 1 saturated carbocycles. The van der Waals surface area contributed by atoms with Gasteiger partial charge < -0.3 is 0 Å². The fourth-order valence-corrected chi connectivity index (χ4v) is 3.94. The van der Waals surface area contributed by atoms with Gasteiger partial charge in [0, 0.05) is 0 Å². The minimum Gasteiger partial charge on any atom is -0.0776 e. The van der Waals surface area contributed by atoms with Gasteiger partial charge in [-0.1, -0.05) is 68.2 Å². The topological polar surface area (TPSA) is 0 Å². The fourth-order valence-electron chi connectivity index (χ4n) is 3.94. The van der Waals surface area contributed by atoms with E-state index in [0.717, 1.165) is 23.7 Å². The van der Waals surface area contributed by atoms with E-state index in [1.54, 1.807) is 0 Å². The van der Waals surface area contributed by atoms with Crippen LogP contribution in [0, 0.1) is 29.1 Å². The lowest BCUT2D eigenvalue weighted by molar-refractivity contribution is 0.0724. The Kier molecular flexibility index (Phi) is 7.56. The van der Waals surface area contributed by atoms with Crippen molar-refractivity contribution in [1.82, 2.24) is 0 Å². The molecule has 110 valence electrons. The predicted molar refractivity (Wildman–Crippen MR) is 84.9 cm³/mol. The quantitative estimate of drug-likeness (QED) is 0.522. The molecule has 18 heavy (non-hydrogen) atoms. The van der Waals surface area contributed by atoms with Crippen molar-refractivity contribution in [3.63, 3.8) is 0 Å². The van der Waals surface area contributed by atoms with E-state index in [0.29, 0.717) is 5.41 Å². The van der Waals surface area contributed by atoms with Crippen LogP contribution in [0.3, 0.4) is 0 Å². The Morgan fingerprint density at radius 3 is 1.94 bits per heavy atom. The van der Waals surface area contributed by atoms with E-state index in [2.05, 4.69) is 41.5 Å². The summed E-state index contributed by atoms with van der Waals surface area (Å²) in [5.74, 6) is 3.72. The molecule has 2 atom stereocenters. The summed E-state index contributed by atoms with van der Waals surface area (Å²) < 4.78 is 0. The summed E-state index contributed by atoms with van der Waals surface area (Å²) >= 11 is 0. The first-order valence-electron chi connectivity index (χ1n) is 7.89. The lowest BCUT2D eigenvalue weighted by Crippen LogP contribution is -2.33. The third-order valence-electron chi connectivity index (χ3n) is 5.55. The van der Waals surface area contributed by atoms with Gasteiger partial charge in [0.2, 0.25) is 0 Å². The van der Waals surface area contributed by atoms with E-state index in [-0.39, 0.29) is 7.43 Å². The first-order valence-corrected chi connectivity index (χ1v) is 7.89. The maximum Gasteiger partial charge on any atom is -0.0298 e. The van der Waals surface area contributed by atoms with Crippen LogP contribution in [0.1, 0.15) is 87.5 Å². The Labute approximate surface area is 117 Å². The average Bonchev–Trinajstić information content (AvgIpc) is 2.28. The average molecular weight is 255 g/mol. The molecule has 2 unspecified atom stereocenters. The normalized spacial score (nSPS) is 29.5. The molecule has 1 fully saturated rings. The van der Waals surface area contributed by atoms with Gasteiger partial charge in [-0.05, 0) is 48.3 Å². The predicted octanol–water partition coefficient (Wildman–Crippen LogP) is 6.55. The van der Waals surface area contributed by atoms with Gasteiger partial charge in [-0.2, -0.15) is 0 Å². The molecular weight excluding hydrogens is 216 g/mol. The molecule has 0 bridgehead atoms. The Morgan fingerprint density at radius 2 is 1.56 bits per heavy atom. The van der Waals surface area contributed by atoms with E-state index in [9.17, 15) is 0 Å². The molecule has 0 amide bonds. The van der Waals surface area contributed by atoms with E-state index in [1.165, 1.54) is 38.5 Å². The summed E-state index contributed by atoms with van der Waals surface area (Å²) in [5, 5.41) is 0. The van der Waals surface area contributed by atoms with Crippen molar-refractivity contribution in [2.75, 3.05) is 0 Å². The maximum absolute atomic E-state index is 2.54. The molecular formula is C18H38. The van der Waals surface area contributed by atoms with Crippen molar-refractivity contribution in [1.29, 1.82) is 0 Å². The monoisotopic (exact) mass is 254 g/mol. The van der Waals surface area contributed by atoms with Crippen molar-refractivity contribution in [3.8, 4) is 0 Å². The van der Waals surface area contributed by atoms with Crippen LogP contribution in [0.2, 0.25) is 0 Å². The molecule has 0 spiro atoms. The summed E-state index contributed by atoms with van der Waals surface area (Å²) in [7, 11) is 0. The summed E-state index contributed by atoms with van der Waals surface area (Å²) in [5.41, 5.74) is 0.569. The number of hydrogen-bond acceptors (Lipinski definition) is 0. The zero-order chi connectivity index (χ0) is 13.1. The zero-order valence-electron chi connectivity index (χ0n) is 13.1. The third kappa shape index (κ3) is 4.59. The van der Waals surface area contributed by atoms with Gasteiger partial charge in [0.05, 0.1) is 0 Å². The van der Waals surface area contributed by atoms with Crippen molar-refractivity contribution in [3.05, 3.63) is 0 Å². The van der Waals surface area contributed by atoms with Gasteiger partial charge in [0.1, 0.15) is 0 Å². The van der Waals surface area contributed by atoms with Crippen LogP contribution in [0.5, 0.6) is 0 Å². The van der Waals surface area contributed by atoms with E-state index in [1.807, 2.05) is 0 Å². The maximum atomic E-state index is 2.54. The minimum atomic E-state index is 0. The Morgan fingerprint density at radius 1 is 1.06 bits per heavy atom. The van der Waals surface area contributed by atoms with Gasteiger partial charge in [-0.15, -0.1) is 0 Å². The highest BCUT2D eigenvalue weighted by molar-refractivity contribution is 4.86. The van der Waals surface area contributed by atoms with Crippen molar-refractivity contribution in [2.45, 2.75) is 87.5 Å². The molecule has 0 nitrogen and oxygen atoms in total. The highest BCUT2D eigenvalue weighted by atomic mass is 14.4. The first-order chi connectivity index (χ1) is 7.89. The SMILES string of the molecule is C.CCC(C)(CC(C)C)C(C)C1CCC(C)CC1. The molecule has 1 aliphatic carbocycles. The molecule has 1 rings (SSSR count). The Hall–Kier alpha value is 0. The minimum absolute atomic E-state index is 0. The van der Waals surface area contributed by atoms with Crippen LogP contribution in [0.4, 0.5) is 0 Å². The molecule has 0 N–H and O–H groups in total. The molecule has 1 aliphatic rings. The van der Waals surface area contributed by atoms with Gasteiger partial charge >= 0.3 is 0 Å². The van der Waals surface area contributed by atoms with Crippen molar-refractivity contribution >= 4 is 0 Å². The molecule has 0 aliphatic heterocycles. The van der Waals surface area contributed by atoms with Crippen LogP contribution in [0.15, 0.2) is 0 Å². The fraction of sp³-hybridized carbons (Fsp3) is 1.00. The van der Waals surface area contributed by atoms with Gasteiger partial charge in [0.25, 0.3) is 0 Å². The molecule has 0 radical (unpaired) electrons. The van der Waals surface area contributed by atoms with Gasteiger partial charge in [-0.25, -0.2) is 0 Å². The van der Waals surface area contributed by atoms with Crippen molar-refractivity contribution < 1.29 is 0 Å². The lowest BCUT2D eigenvalue weighted by Gasteiger charge is -2.43. The van der Waals surface area contributed by atoms with E-state index >= 15 is 0 Å². The second-order valence-corrected chi connectivity index (χ2v) is 7.41. The summed E-state index contributed by atoms with van der Waals surface area (Å²) in [6.45, 7) is 14.6. The second-order valence-electron chi connectivity index (χ2n) is 7.41. The van der Waals surface area contributed by atoms with Crippen LogP contribution in [-0.4, -0.2) is 0 Å².